The van der Waals surface area contributed by atoms with Crippen LogP contribution in [0.1, 0.15) is 25.7 Å². The molecule has 0 spiro atoms. The molecule has 0 atom stereocenters. The van der Waals surface area contributed by atoms with E-state index in [9.17, 15) is 8.42 Å². The lowest BCUT2D eigenvalue weighted by Gasteiger charge is -2.22. The van der Waals surface area contributed by atoms with Gasteiger partial charge in [-0.2, -0.15) is 4.31 Å². The summed E-state index contributed by atoms with van der Waals surface area (Å²) in [5.41, 5.74) is 0. The van der Waals surface area contributed by atoms with Crippen molar-refractivity contribution < 1.29 is 8.42 Å². The number of nitrogens with zero attached hydrogens (tertiary/aromatic N) is 1. The predicted molar refractivity (Wildman–Crippen MR) is 61.4 cm³/mol. The molecule has 1 saturated carbocycles. The summed E-state index contributed by atoms with van der Waals surface area (Å²) in [6, 6.07) is 0. The zero-order valence-corrected chi connectivity index (χ0v) is 10.7. The first-order valence-corrected chi connectivity index (χ1v) is 7.65. The summed E-state index contributed by atoms with van der Waals surface area (Å²) < 4.78 is 23.8. The molecule has 3 rings (SSSR count). The van der Waals surface area contributed by atoms with Crippen molar-refractivity contribution in [2.75, 3.05) is 13.1 Å². The molecule has 0 aromatic carbocycles. The Morgan fingerprint density at radius 1 is 1.00 bits per heavy atom. The molecule has 2 bridgehead atoms. The smallest absolute Gasteiger partial charge is 0.209 e. The lowest BCUT2D eigenvalue weighted by Crippen LogP contribution is -2.37. The third-order valence-electron chi connectivity index (χ3n) is 3.48. The highest BCUT2D eigenvalue weighted by molar-refractivity contribution is 7.92. The van der Waals surface area contributed by atoms with Crippen molar-refractivity contribution in [3.05, 3.63) is 0 Å². The summed E-state index contributed by atoms with van der Waals surface area (Å²) >= 11 is 11.0. The Balaban J connectivity index is 2.17. The van der Waals surface area contributed by atoms with Crippen LogP contribution in [0.4, 0.5) is 0 Å². The maximum absolute atomic E-state index is 11.8. The number of fused-ring (bicyclic) bond motifs is 4. The van der Waals surface area contributed by atoms with Crippen LogP contribution >= 0.6 is 23.2 Å². The van der Waals surface area contributed by atoms with Gasteiger partial charge in [0.25, 0.3) is 0 Å². The first-order valence-electron chi connectivity index (χ1n) is 5.27. The molecule has 88 valence electrons. The van der Waals surface area contributed by atoms with Gasteiger partial charge in [0.05, 0.1) is 0 Å². The van der Waals surface area contributed by atoms with Crippen LogP contribution in [0.5, 0.6) is 0 Å². The van der Waals surface area contributed by atoms with E-state index < -0.39 is 14.2 Å². The van der Waals surface area contributed by atoms with Gasteiger partial charge in [0.15, 0.2) is 0 Å². The molecular formula is C9H15Cl2NO2S. The van der Waals surface area contributed by atoms with Gasteiger partial charge in [0.1, 0.15) is 0 Å². The van der Waals surface area contributed by atoms with Crippen molar-refractivity contribution in [1.82, 2.24) is 4.31 Å². The van der Waals surface area contributed by atoms with Crippen molar-refractivity contribution in [2.45, 2.75) is 29.9 Å². The van der Waals surface area contributed by atoms with Crippen LogP contribution in [0.15, 0.2) is 0 Å². The van der Waals surface area contributed by atoms with E-state index in [1.165, 1.54) is 4.31 Å². The van der Waals surface area contributed by atoms with Crippen molar-refractivity contribution in [1.29, 1.82) is 0 Å². The predicted octanol–water partition coefficient (Wildman–Crippen LogP) is 2.20. The fraction of sp³-hybridized carbons (Fsp3) is 1.00. The molecule has 0 unspecified atom stereocenters. The standard InChI is InChI=1S/C9H15Cl2NO2S/c10-9(11)15(13,14)12-5-7-1-2-8(6-12)4-3-7/h7-9H,1-6H2. The lowest BCUT2D eigenvalue weighted by atomic mass is 9.84. The van der Waals surface area contributed by atoms with Crippen molar-refractivity contribution in [2.24, 2.45) is 11.8 Å². The van der Waals surface area contributed by atoms with Gasteiger partial charge in [-0.3, -0.25) is 0 Å². The van der Waals surface area contributed by atoms with Gasteiger partial charge < -0.3 is 0 Å². The summed E-state index contributed by atoms with van der Waals surface area (Å²) in [5, 5.41) is 0. The highest BCUT2D eigenvalue weighted by atomic mass is 35.5. The Hall–Kier alpha value is 0.490. The second-order valence-electron chi connectivity index (χ2n) is 4.51. The fourth-order valence-electron chi connectivity index (χ4n) is 2.57. The number of alkyl halides is 2. The van der Waals surface area contributed by atoms with E-state index in [0.717, 1.165) is 25.7 Å². The number of sulfonamides is 1. The molecule has 3 aliphatic rings. The number of rotatable bonds is 2. The third kappa shape index (κ3) is 2.43. The SMILES string of the molecule is O=S(=O)(C(Cl)Cl)N1CC2CCC(CC2)C1. The number of halogens is 2. The minimum atomic E-state index is -3.48. The fourth-order valence-corrected chi connectivity index (χ4v) is 4.31. The highest BCUT2D eigenvalue weighted by Crippen LogP contribution is 2.35. The molecular weight excluding hydrogens is 257 g/mol. The van der Waals surface area contributed by atoms with Gasteiger partial charge in [0.2, 0.25) is 14.2 Å². The quantitative estimate of drug-likeness (QED) is 0.723. The monoisotopic (exact) mass is 271 g/mol. The molecule has 3 nitrogen and oxygen atoms in total. The van der Waals surface area contributed by atoms with Crippen LogP contribution in [0, 0.1) is 11.8 Å². The molecule has 0 aromatic heterocycles. The van der Waals surface area contributed by atoms with E-state index >= 15 is 0 Å². The van der Waals surface area contributed by atoms with Gasteiger partial charge in [-0.05, 0) is 37.5 Å². The zero-order valence-electron chi connectivity index (χ0n) is 8.40. The van der Waals surface area contributed by atoms with E-state index in [-0.39, 0.29) is 0 Å². The van der Waals surface area contributed by atoms with Crippen LogP contribution in [0.3, 0.4) is 0 Å². The summed E-state index contributed by atoms with van der Waals surface area (Å²) in [5.74, 6) is 1.01. The summed E-state index contributed by atoms with van der Waals surface area (Å²) in [6.45, 7) is 1.21. The largest absolute Gasteiger partial charge is 0.245 e. The molecule has 1 aliphatic carbocycles. The molecule has 6 heteroatoms. The normalized spacial score (nSPS) is 33.3. The van der Waals surface area contributed by atoms with E-state index in [1.54, 1.807) is 0 Å². The molecule has 15 heavy (non-hydrogen) atoms. The molecule has 2 heterocycles. The van der Waals surface area contributed by atoms with Crippen molar-refractivity contribution in [3.8, 4) is 0 Å². The molecule has 0 amide bonds. The first kappa shape index (κ1) is 12.0. The summed E-state index contributed by atoms with van der Waals surface area (Å²) in [4.78, 5) is 0. The van der Waals surface area contributed by atoms with Gasteiger partial charge >= 0.3 is 0 Å². The average Bonchev–Trinajstić information content (AvgIpc) is 2.50. The number of hydrogen-bond acceptors (Lipinski definition) is 2. The van der Waals surface area contributed by atoms with Crippen LogP contribution in [-0.4, -0.2) is 30.0 Å². The molecule has 2 aliphatic heterocycles. The van der Waals surface area contributed by atoms with Crippen molar-refractivity contribution >= 4 is 33.2 Å². The first-order chi connectivity index (χ1) is 7.00. The lowest BCUT2D eigenvalue weighted by molar-refractivity contribution is 0.326. The zero-order chi connectivity index (χ0) is 11.1. The van der Waals surface area contributed by atoms with Crippen molar-refractivity contribution in [3.63, 3.8) is 0 Å². The maximum atomic E-state index is 11.8. The minimum absolute atomic E-state index is 0.505. The Morgan fingerprint density at radius 2 is 1.40 bits per heavy atom. The number of hydrogen-bond donors (Lipinski definition) is 0. The summed E-state index contributed by atoms with van der Waals surface area (Å²) in [6.07, 6.45) is 4.58. The summed E-state index contributed by atoms with van der Waals surface area (Å²) in [7, 11) is -3.48. The third-order valence-corrected chi connectivity index (χ3v) is 6.29. The Labute approximate surface area is 101 Å². The molecule has 0 radical (unpaired) electrons. The van der Waals surface area contributed by atoms with E-state index in [0.29, 0.717) is 24.9 Å². The molecule has 2 saturated heterocycles. The topological polar surface area (TPSA) is 37.4 Å². The van der Waals surface area contributed by atoms with Gasteiger partial charge in [-0.1, -0.05) is 23.2 Å². The minimum Gasteiger partial charge on any atom is -0.209 e. The van der Waals surface area contributed by atoms with Gasteiger partial charge in [0, 0.05) is 13.1 Å². The van der Waals surface area contributed by atoms with Gasteiger partial charge in [-0.25, -0.2) is 8.42 Å². The second kappa shape index (κ2) is 4.40. The van der Waals surface area contributed by atoms with Crippen LogP contribution in [0.25, 0.3) is 0 Å². The van der Waals surface area contributed by atoms with Gasteiger partial charge in [-0.15, -0.1) is 0 Å². The second-order valence-corrected chi connectivity index (χ2v) is 8.14. The maximum Gasteiger partial charge on any atom is 0.245 e. The molecule has 0 N–H and O–H groups in total. The van der Waals surface area contributed by atoms with Crippen LogP contribution in [0.2, 0.25) is 0 Å². The Morgan fingerprint density at radius 3 is 1.73 bits per heavy atom. The van der Waals surface area contributed by atoms with Crippen LogP contribution < -0.4 is 0 Å². The Kier molecular flexibility index (Phi) is 3.51. The van der Waals surface area contributed by atoms with Crippen LogP contribution in [-0.2, 0) is 10.0 Å². The Bertz CT molecular complexity index is 309. The van der Waals surface area contributed by atoms with E-state index in [4.69, 9.17) is 23.2 Å². The average molecular weight is 272 g/mol. The molecule has 0 aromatic rings. The molecule has 3 fully saturated rings. The highest BCUT2D eigenvalue weighted by Gasteiger charge is 2.37. The van der Waals surface area contributed by atoms with E-state index in [1.807, 2.05) is 0 Å². The van der Waals surface area contributed by atoms with E-state index in [2.05, 4.69) is 0 Å².